The summed E-state index contributed by atoms with van der Waals surface area (Å²) in [6.45, 7) is 5.00. The Morgan fingerprint density at radius 3 is 2.83 bits per heavy atom. The number of carbonyl (C=O) groups is 2. The van der Waals surface area contributed by atoms with Crippen LogP contribution < -0.4 is 0 Å². The topological polar surface area (TPSA) is 46.6 Å². The zero-order valence-electron chi connectivity index (χ0n) is 11.3. The number of thioether (sulfide) groups is 1. The molecule has 0 spiro atoms. The molecule has 5 heteroatoms. The molecule has 0 bridgehead atoms. The Bertz CT molecular complexity index is 283. The van der Waals surface area contributed by atoms with Crippen LogP contribution >= 0.6 is 11.8 Å². The van der Waals surface area contributed by atoms with Crippen LogP contribution in [-0.2, 0) is 14.3 Å². The Kier molecular flexibility index (Phi) is 7.16. The summed E-state index contributed by atoms with van der Waals surface area (Å²) < 4.78 is 5.01. The van der Waals surface area contributed by atoms with Crippen LogP contribution in [0.15, 0.2) is 0 Å². The summed E-state index contributed by atoms with van der Waals surface area (Å²) in [5.41, 5.74) is 0. The first-order valence-electron chi connectivity index (χ1n) is 6.74. The zero-order valence-corrected chi connectivity index (χ0v) is 12.1. The molecule has 1 unspecified atom stereocenters. The molecule has 1 aliphatic rings. The molecule has 0 saturated carbocycles. The van der Waals surface area contributed by atoms with E-state index in [0.717, 1.165) is 31.4 Å². The fourth-order valence-electron chi connectivity index (χ4n) is 2.04. The molecule has 0 N–H and O–H groups in total. The molecule has 4 nitrogen and oxygen atoms in total. The largest absolute Gasteiger partial charge is 0.464 e. The molecule has 0 radical (unpaired) electrons. The molecule has 0 aromatic carbocycles. The number of amides is 1. The highest BCUT2D eigenvalue weighted by Gasteiger charge is 2.34. The van der Waals surface area contributed by atoms with Crippen molar-refractivity contribution in [3.8, 4) is 0 Å². The van der Waals surface area contributed by atoms with Crippen LogP contribution in [0.2, 0.25) is 0 Å². The number of likely N-dealkylation sites (tertiary alicyclic amines) is 1. The molecule has 1 atom stereocenters. The minimum atomic E-state index is -0.343. The van der Waals surface area contributed by atoms with Crippen LogP contribution in [0.1, 0.15) is 39.5 Å². The lowest BCUT2D eigenvalue weighted by molar-refractivity contribution is -0.152. The van der Waals surface area contributed by atoms with E-state index in [-0.39, 0.29) is 17.9 Å². The lowest BCUT2D eigenvalue weighted by Gasteiger charge is -2.22. The number of nitrogens with zero attached hydrogens (tertiary/aromatic N) is 1. The normalized spacial score (nSPS) is 19.0. The molecule has 18 heavy (non-hydrogen) atoms. The Hall–Kier alpha value is -0.710. The van der Waals surface area contributed by atoms with Crippen molar-refractivity contribution in [3.05, 3.63) is 0 Å². The van der Waals surface area contributed by atoms with E-state index in [4.69, 9.17) is 4.74 Å². The summed E-state index contributed by atoms with van der Waals surface area (Å²) in [6.07, 6.45) is 3.93. The van der Waals surface area contributed by atoms with Gasteiger partial charge in [0, 0.05) is 6.54 Å². The second kappa shape index (κ2) is 8.40. The summed E-state index contributed by atoms with van der Waals surface area (Å²) in [6, 6.07) is -0.343. The fraction of sp³-hybridized carbons (Fsp3) is 0.846. The number of esters is 1. The molecular weight excluding hydrogens is 250 g/mol. The highest BCUT2D eigenvalue weighted by molar-refractivity contribution is 7.99. The van der Waals surface area contributed by atoms with Crippen LogP contribution in [-0.4, -0.2) is 47.5 Å². The molecule has 1 aliphatic heterocycles. The van der Waals surface area contributed by atoms with Gasteiger partial charge in [-0.15, -0.1) is 0 Å². The Balaban J connectivity index is 2.38. The number of hydrogen-bond donors (Lipinski definition) is 0. The monoisotopic (exact) mass is 273 g/mol. The summed E-state index contributed by atoms with van der Waals surface area (Å²) in [5.74, 6) is 1.32. The van der Waals surface area contributed by atoms with Crippen LogP contribution in [0, 0.1) is 0 Å². The zero-order chi connectivity index (χ0) is 13.4. The maximum atomic E-state index is 12.0. The molecule has 1 saturated heterocycles. The molecule has 0 aliphatic carbocycles. The molecule has 1 amide bonds. The molecule has 1 rings (SSSR count). The predicted octanol–water partition coefficient (Wildman–Crippen LogP) is 2.07. The summed E-state index contributed by atoms with van der Waals surface area (Å²) in [7, 11) is 0. The average Bonchev–Trinajstić information content (AvgIpc) is 2.84. The lowest BCUT2D eigenvalue weighted by atomic mass is 10.2. The molecule has 104 valence electrons. The van der Waals surface area contributed by atoms with Crippen LogP contribution in [0.4, 0.5) is 0 Å². The molecule has 1 fully saturated rings. The second-order valence-corrected chi connectivity index (χ2v) is 5.51. The number of hydrogen-bond acceptors (Lipinski definition) is 4. The maximum Gasteiger partial charge on any atom is 0.328 e. The number of rotatable bonds is 7. The second-order valence-electron chi connectivity index (χ2n) is 4.40. The van der Waals surface area contributed by atoms with Crippen molar-refractivity contribution in [1.82, 2.24) is 4.90 Å². The van der Waals surface area contributed by atoms with Crippen LogP contribution in [0.3, 0.4) is 0 Å². The van der Waals surface area contributed by atoms with E-state index in [1.807, 2.05) is 0 Å². The first-order chi connectivity index (χ1) is 8.70. The summed E-state index contributed by atoms with van der Waals surface area (Å²) in [5, 5.41) is 0. The smallest absolute Gasteiger partial charge is 0.328 e. The van der Waals surface area contributed by atoms with Crippen molar-refractivity contribution < 1.29 is 14.3 Å². The Morgan fingerprint density at radius 2 is 2.17 bits per heavy atom. The molecule has 1 heterocycles. The van der Waals surface area contributed by atoms with Gasteiger partial charge in [-0.1, -0.05) is 13.3 Å². The summed E-state index contributed by atoms with van der Waals surface area (Å²) in [4.78, 5) is 25.4. The molecular formula is C13H23NO3S. The van der Waals surface area contributed by atoms with E-state index in [9.17, 15) is 9.59 Å². The van der Waals surface area contributed by atoms with E-state index < -0.39 is 0 Å². The van der Waals surface area contributed by atoms with Crippen molar-refractivity contribution in [3.63, 3.8) is 0 Å². The van der Waals surface area contributed by atoms with Crippen LogP contribution in [0.25, 0.3) is 0 Å². The van der Waals surface area contributed by atoms with Gasteiger partial charge in [0.25, 0.3) is 0 Å². The number of carbonyl (C=O) groups excluding carboxylic acids is 2. The van der Waals surface area contributed by atoms with Gasteiger partial charge in [0.05, 0.1) is 12.4 Å². The van der Waals surface area contributed by atoms with Gasteiger partial charge >= 0.3 is 5.97 Å². The average molecular weight is 273 g/mol. The number of ether oxygens (including phenoxy) is 1. The van der Waals surface area contributed by atoms with E-state index in [2.05, 4.69) is 6.92 Å². The Morgan fingerprint density at radius 1 is 1.39 bits per heavy atom. The quantitative estimate of drug-likeness (QED) is 0.526. The van der Waals surface area contributed by atoms with E-state index in [0.29, 0.717) is 18.9 Å². The third-order valence-electron chi connectivity index (χ3n) is 3.00. The minimum Gasteiger partial charge on any atom is -0.464 e. The third-order valence-corrected chi connectivity index (χ3v) is 4.03. The van der Waals surface area contributed by atoms with Crippen molar-refractivity contribution in [2.75, 3.05) is 24.7 Å². The Labute approximate surface area is 113 Å². The van der Waals surface area contributed by atoms with E-state index in [1.165, 1.54) is 0 Å². The van der Waals surface area contributed by atoms with Crippen molar-refractivity contribution in [1.29, 1.82) is 0 Å². The summed E-state index contributed by atoms with van der Waals surface area (Å²) >= 11 is 1.66. The van der Waals surface area contributed by atoms with Crippen molar-refractivity contribution in [2.45, 2.75) is 45.6 Å². The van der Waals surface area contributed by atoms with Gasteiger partial charge in [-0.2, -0.15) is 11.8 Å². The van der Waals surface area contributed by atoms with Crippen LogP contribution in [0.5, 0.6) is 0 Å². The highest BCUT2D eigenvalue weighted by atomic mass is 32.2. The third kappa shape index (κ3) is 4.52. The predicted molar refractivity (Wildman–Crippen MR) is 73.6 cm³/mol. The maximum absolute atomic E-state index is 12.0. The van der Waals surface area contributed by atoms with Crippen molar-refractivity contribution >= 4 is 23.6 Å². The first kappa shape index (κ1) is 15.3. The van der Waals surface area contributed by atoms with E-state index in [1.54, 1.807) is 23.6 Å². The number of unbranched alkanes of at least 4 members (excludes halogenated alkanes) is 1. The standard InChI is InChI=1S/C13H23NO3S/c1-3-5-9-18-10-12(15)14-8-6-7-11(14)13(16)17-4-2/h11H,3-10H2,1-2H3. The first-order valence-corrected chi connectivity index (χ1v) is 7.90. The lowest BCUT2D eigenvalue weighted by Crippen LogP contribution is -2.42. The van der Waals surface area contributed by atoms with Gasteiger partial charge < -0.3 is 9.64 Å². The fourth-order valence-corrected chi connectivity index (χ4v) is 3.02. The van der Waals surface area contributed by atoms with Gasteiger partial charge in [0.15, 0.2) is 0 Å². The van der Waals surface area contributed by atoms with Gasteiger partial charge in [-0.05, 0) is 31.9 Å². The van der Waals surface area contributed by atoms with Gasteiger partial charge in [0.2, 0.25) is 5.91 Å². The van der Waals surface area contributed by atoms with Gasteiger partial charge in [-0.3, -0.25) is 4.79 Å². The molecule has 0 aromatic heterocycles. The van der Waals surface area contributed by atoms with Gasteiger partial charge in [-0.25, -0.2) is 4.79 Å². The van der Waals surface area contributed by atoms with Gasteiger partial charge in [0.1, 0.15) is 6.04 Å². The van der Waals surface area contributed by atoms with E-state index >= 15 is 0 Å². The SMILES string of the molecule is CCCCSCC(=O)N1CCCC1C(=O)OCC. The van der Waals surface area contributed by atoms with Crippen molar-refractivity contribution in [2.24, 2.45) is 0 Å². The highest BCUT2D eigenvalue weighted by Crippen LogP contribution is 2.20. The minimum absolute atomic E-state index is 0.0756. The molecule has 0 aromatic rings.